The van der Waals surface area contributed by atoms with Gasteiger partial charge in [-0.1, -0.05) is 42.5 Å². The van der Waals surface area contributed by atoms with E-state index in [0.717, 1.165) is 22.4 Å². The van der Waals surface area contributed by atoms with E-state index in [1.54, 1.807) is 6.92 Å². The second kappa shape index (κ2) is 8.29. The second-order valence-corrected chi connectivity index (χ2v) is 5.85. The van der Waals surface area contributed by atoms with Crippen LogP contribution in [0.1, 0.15) is 30.0 Å². The fraction of sp³-hybridized carbons (Fsp3) is 0.300. The smallest absolute Gasteiger partial charge is 0.306 e. The maximum atomic E-state index is 12.2. The van der Waals surface area contributed by atoms with Gasteiger partial charge < -0.3 is 10.1 Å². The quantitative estimate of drug-likeness (QED) is 0.822. The maximum Gasteiger partial charge on any atom is 0.306 e. The first-order valence-electron chi connectivity index (χ1n) is 8.08. The van der Waals surface area contributed by atoms with E-state index in [-0.39, 0.29) is 18.3 Å². The molecule has 2 aromatic rings. The number of nitrogens with one attached hydrogen (secondary N) is 1. The number of rotatable bonds is 6. The number of amides is 1. The van der Waals surface area contributed by atoms with Crippen molar-refractivity contribution in [2.45, 2.75) is 39.7 Å². The van der Waals surface area contributed by atoms with Crippen LogP contribution in [0, 0.1) is 13.8 Å². The van der Waals surface area contributed by atoms with Crippen molar-refractivity contribution in [3.8, 4) is 0 Å². The summed E-state index contributed by atoms with van der Waals surface area (Å²) in [4.78, 5) is 24.1. The molecule has 4 heteroatoms. The molecule has 126 valence electrons. The summed E-state index contributed by atoms with van der Waals surface area (Å²) in [5.74, 6) is -0.695. The van der Waals surface area contributed by atoms with Crippen molar-refractivity contribution in [3.63, 3.8) is 0 Å². The van der Waals surface area contributed by atoms with Gasteiger partial charge in [-0.2, -0.15) is 0 Å². The lowest BCUT2D eigenvalue weighted by Crippen LogP contribution is -2.30. The SMILES string of the molecule is Cc1cccc(NC(=O)[C@H](C)OC(=O)CCc2ccccc2)c1C. The molecule has 0 radical (unpaired) electrons. The van der Waals surface area contributed by atoms with Gasteiger partial charge in [0.1, 0.15) is 0 Å². The van der Waals surface area contributed by atoms with Crippen LogP contribution in [0.25, 0.3) is 0 Å². The third-order valence-corrected chi connectivity index (χ3v) is 4.00. The molecule has 1 amide bonds. The van der Waals surface area contributed by atoms with Gasteiger partial charge >= 0.3 is 5.97 Å². The van der Waals surface area contributed by atoms with Gasteiger partial charge in [-0.25, -0.2) is 0 Å². The number of aryl methyl sites for hydroxylation is 2. The van der Waals surface area contributed by atoms with Crippen LogP contribution in [0.3, 0.4) is 0 Å². The number of hydrogen-bond acceptors (Lipinski definition) is 3. The molecule has 0 saturated carbocycles. The predicted molar refractivity (Wildman–Crippen MR) is 94.9 cm³/mol. The standard InChI is InChI=1S/C20H23NO3/c1-14-8-7-11-18(15(14)2)21-20(23)16(3)24-19(22)13-12-17-9-5-4-6-10-17/h4-11,16H,12-13H2,1-3H3,(H,21,23)/t16-/m0/s1. The number of benzene rings is 2. The topological polar surface area (TPSA) is 55.4 Å². The van der Waals surface area contributed by atoms with Gasteiger partial charge in [0.05, 0.1) is 0 Å². The average molecular weight is 325 g/mol. The fourth-order valence-corrected chi connectivity index (χ4v) is 2.32. The number of carbonyl (C=O) groups is 2. The monoisotopic (exact) mass is 325 g/mol. The molecule has 0 saturated heterocycles. The number of ether oxygens (including phenoxy) is 1. The molecule has 0 heterocycles. The lowest BCUT2D eigenvalue weighted by Gasteiger charge is -2.15. The van der Waals surface area contributed by atoms with Crippen molar-refractivity contribution in [2.75, 3.05) is 5.32 Å². The van der Waals surface area contributed by atoms with Crippen LogP contribution >= 0.6 is 0 Å². The molecule has 0 aliphatic rings. The molecule has 1 atom stereocenters. The van der Waals surface area contributed by atoms with Crippen molar-refractivity contribution in [1.29, 1.82) is 0 Å². The van der Waals surface area contributed by atoms with Crippen LogP contribution < -0.4 is 5.32 Å². The Morgan fingerprint density at radius 3 is 2.46 bits per heavy atom. The van der Waals surface area contributed by atoms with E-state index in [4.69, 9.17) is 4.74 Å². The summed E-state index contributed by atoms with van der Waals surface area (Å²) >= 11 is 0. The molecule has 0 aromatic heterocycles. The van der Waals surface area contributed by atoms with E-state index < -0.39 is 6.10 Å². The van der Waals surface area contributed by atoms with Gasteiger partial charge in [-0.05, 0) is 49.9 Å². The Bertz CT molecular complexity index is 710. The number of hydrogen-bond donors (Lipinski definition) is 1. The molecular formula is C20H23NO3. The van der Waals surface area contributed by atoms with Crippen molar-refractivity contribution < 1.29 is 14.3 Å². The van der Waals surface area contributed by atoms with Gasteiger partial charge in [0.2, 0.25) is 0 Å². The Kier molecular flexibility index (Phi) is 6.13. The van der Waals surface area contributed by atoms with Gasteiger partial charge in [0, 0.05) is 12.1 Å². The van der Waals surface area contributed by atoms with E-state index in [1.165, 1.54) is 0 Å². The van der Waals surface area contributed by atoms with Crippen LogP contribution in [0.15, 0.2) is 48.5 Å². The zero-order chi connectivity index (χ0) is 17.5. The van der Waals surface area contributed by atoms with Crippen LogP contribution in [0.5, 0.6) is 0 Å². The zero-order valence-electron chi connectivity index (χ0n) is 14.3. The summed E-state index contributed by atoms with van der Waals surface area (Å²) in [6.45, 7) is 5.51. The Labute approximate surface area is 142 Å². The van der Waals surface area contributed by atoms with Gasteiger partial charge in [0.25, 0.3) is 5.91 Å². The molecule has 4 nitrogen and oxygen atoms in total. The van der Waals surface area contributed by atoms with Crippen LogP contribution in [-0.4, -0.2) is 18.0 Å². The Balaban J connectivity index is 1.84. The summed E-state index contributed by atoms with van der Waals surface area (Å²) in [6, 6.07) is 15.4. The first kappa shape index (κ1) is 17.7. The van der Waals surface area contributed by atoms with Crippen molar-refractivity contribution in [3.05, 3.63) is 65.2 Å². The lowest BCUT2D eigenvalue weighted by molar-refractivity contribution is -0.153. The number of esters is 1. The van der Waals surface area contributed by atoms with Crippen molar-refractivity contribution in [1.82, 2.24) is 0 Å². The highest BCUT2D eigenvalue weighted by Crippen LogP contribution is 2.18. The van der Waals surface area contributed by atoms with Crippen LogP contribution in [0.4, 0.5) is 5.69 Å². The highest BCUT2D eigenvalue weighted by molar-refractivity contribution is 5.95. The van der Waals surface area contributed by atoms with Gasteiger partial charge in [0.15, 0.2) is 6.10 Å². The largest absolute Gasteiger partial charge is 0.453 e. The van der Waals surface area contributed by atoms with Gasteiger partial charge in [-0.3, -0.25) is 9.59 Å². The lowest BCUT2D eigenvalue weighted by atomic mass is 10.1. The molecule has 24 heavy (non-hydrogen) atoms. The first-order valence-corrected chi connectivity index (χ1v) is 8.08. The minimum absolute atomic E-state index is 0.255. The van der Waals surface area contributed by atoms with E-state index in [2.05, 4.69) is 5.32 Å². The van der Waals surface area contributed by atoms with Crippen LogP contribution in [0.2, 0.25) is 0 Å². The maximum absolute atomic E-state index is 12.2. The third kappa shape index (κ3) is 4.95. The zero-order valence-corrected chi connectivity index (χ0v) is 14.3. The van der Waals surface area contributed by atoms with Crippen LogP contribution in [-0.2, 0) is 20.7 Å². The molecule has 0 spiro atoms. The minimum atomic E-state index is -0.826. The molecule has 1 N–H and O–H groups in total. The van der Waals surface area contributed by atoms with E-state index >= 15 is 0 Å². The first-order chi connectivity index (χ1) is 11.5. The average Bonchev–Trinajstić information content (AvgIpc) is 2.58. The van der Waals surface area contributed by atoms with Crippen molar-refractivity contribution >= 4 is 17.6 Å². The normalized spacial score (nSPS) is 11.6. The minimum Gasteiger partial charge on any atom is -0.453 e. The van der Waals surface area contributed by atoms with E-state index in [9.17, 15) is 9.59 Å². The molecule has 0 bridgehead atoms. The summed E-state index contributed by atoms with van der Waals surface area (Å²) in [6.07, 6.45) is 0.0315. The summed E-state index contributed by atoms with van der Waals surface area (Å²) in [5, 5.41) is 2.81. The number of carbonyl (C=O) groups excluding carboxylic acids is 2. The Morgan fingerprint density at radius 1 is 1.04 bits per heavy atom. The second-order valence-electron chi connectivity index (χ2n) is 5.85. The van der Waals surface area contributed by atoms with Crippen molar-refractivity contribution in [2.24, 2.45) is 0 Å². The molecule has 2 aromatic carbocycles. The molecular weight excluding hydrogens is 302 g/mol. The summed E-state index contributed by atoms with van der Waals surface area (Å²) in [7, 11) is 0. The summed E-state index contributed by atoms with van der Waals surface area (Å²) < 4.78 is 5.23. The highest BCUT2D eigenvalue weighted by Gasteiger charge is 2.18. The third-order valence-electron chi connectivity index (χ3n) is 4.00. The Morgan fingerprint density at radius 2 is 1.75 bits per heavy atom. The molecule has 0 unspecified atom stereocenters. The fourth-order valence-electron chi connectivity index (χ4n) is 2.32. The van der Waals surface area contributed by atoms with Gasteiger partial charge in [-0.15, -0.1) is 0 Å². The Hall–Kier alpha value is -2.62. The summed E-state index contributed by atoms with van der Waals surface area (Å²) in [5.41, 5.74) is 3.92. The van der Waals surface area contributed by atoms with E-state index in [1.807, 2.05) is 62.4 Å². The van der Waals surface area contributed by atoms with E-state index in [0.29, 0.717) is 6.42 Å². The molecule has 0 aliphatic heterocycles. The highest BCUT2D eigenvalue weighted by atomic mass is 16.5. The molecule has 0 fully saturated rings. The number of anilines is 1. The predicted octanol–water partition coefficient (Wildman–Crippen LogP) is 3.81. The molecule has 0 aliphatic carbocycles. The molecule has 2 rings (SSSR count).